The van der Waals surface area contributed by atoms with E-state index in [1.54, 1.807) is 0 Å². The molecule has 2 heterocycles. The first-order chi connectivity index (χ1) is 12.5. The van der Waals surface area contributed by atoms with Gasteiger partial charge in [-0.1, -0.05) is 44.2 Å². The fraction of sp³-hybridized carbons (Fsp3) is 0.550. The minimum Gasteiger partial charge on any atom is -0.349 e. The molecular formula is C20H30N6. The Balaban J connectivity index is 1.75. The molecule has 26 heavy (non-hydrogen) atoms. The highest BCUT2D eigenvalue weighted by molar-refractivity contribution is 5.80. The van der Waals surface area contributed by atoms with Crippen LogP contribution in [-0.4, -0.2) is 38.7 Å². The SMILES string of the molecule is Cc1nnc(CNC(=NCc2ccccc2)N2CC(C)CC(C)C2)n1C. The van der Waals surface area contributed by atoms with Crippen LogP contribution in [0.3, 0.4) is 0 Å². The Hall–Kier alpha value is -2.37. The van der Waals surface area contributed by atoms with Gasteiger partial charge in [-0.05, 0) is 30.7 Å². The fourth-order valence-electron chi connectivity index (χ4n) is 3.62. The van der Waals surface area contributed by atoms with Gasteiger partial charge in [-0.3, -0.25) is 0 Å². The zero-order valence-electron chi connectivity index (χ0n) is 16.3. The zero-order valence-corrected chi connectivity index (χ0v) is 16.3. The van der Waals surface area contributed by atoms with Gasteiger partial charge in [-0.25, -0.2) is 4.99 Å². The first-order valence-electron chi connectivity index (χ1n) is 9.45. The number of nitrogens with zero attached hydrogens (tertiary/aromatic N) is 5. The molecule has 0 bridgehead atoms. The predicted molar refractivity (Wildman–Crippen MR) is 105 cm³/mol. The van der Waals surface area contributed by atoms with Crippen LogP contribution in [0.5, 0.6) is 0 Å². The second-order valence-corrected chi connectivity index (χ2v) is 7.55. The Labute approximate surface area is 156 Å². The Morgan fingerprint density at radius 1 is 1.15 bits per heavy atom. The molecule has 1 saturated heterocycles. The normalized spacial score (nSPS) is 21.1. The molecule has 1 aromatic heterocycles. The van der Waals surface area contributed by atoms with E-state index in [0.29, 0.717) is 24.9 Å². The van der Waals surface area contributed by atoms with Crippen molar-refractivity contribution in [3.05, 3.63) is 47.5 Å². The number of piperidine rings is 1. The van der Waals surface area contributed by atoms with E-state index in [1.807, 2.05) is 24.6 Å². The molecule has 1 N–H and O–H groups in total. The summed E-state index contributed by atoms with van der Waals surface area (Å²) in [5, 5.41) is 11.9. The van der Waals surface area contributed by atoms with Crippen molar-refractivity contribution in [3.8, 4) is 0 Å². The molecule has 0 saturated carbocycles. The van der Waals surface area contributed by atoms with Crippen LogP contribution in [0.15, 0.2) is 35.3 Å². The van der Waals surface area contributed by atoms with Crippen molar-refractivity contribution in [2.24, 2.45) is 23.9 Å². The molecule has 1 aliphatic heterocycles. The van der Waals surface area contributed by atoms with Crippen LogP contribution in [0.1, 0.15) is 37.5 Å². The Bertz CT molecular complexity index is 726. The van der Waals surface area contributed by atoms with Gasteiger partial charge in [0.1, 0.15) is 5.82 Å². The second-order valence-electron chi connectivity index (χ2n) is 7.55. The number of guanidine groups is 1. The van der Waals surface area contributed by atoms with Crippen LogP contribution in [0, 0.1) is 18.8 Å². The third kappa shape index (κ3) is 4.62. The first kappa shape index (κ1) is 18.4. The Morgan fingerprint density at radius 2 is 1.85 bits per heavy atom. The van der Waals surface area contributed by atoms with Crippen molar-refractivity contribution in [1.29, 1.82) is 0 Å². The maximum absolute atomic E-state index is 4.91. The van der Waals surface area contributed by atoms with Crippen LogP contribution >= 0.6 is 0 Å². The average Bonchev–Trinajstić information content (AvgIpc) is 2.94. The second kappa shape index (κ2) is 8.34. The van der Waals surface area contributed by atoms with Gasteiger partial charge in [0.2, 0.25) is 0 Å². The fourth-order valence-corrected chi connectivity index (χ4v) is 3.62. The van der Waals surface area contributed by atoms with E-state index in [-0.39, 0.29) is 0 Å². The minimum atomic E-state index is 0.629. The molecular weight excluding hydrogens is 324 g/mol. The Kier molecular flexibility index (Phi) is 5.91. The van der Waals surface area contributed by atoms with Gasteiger partial charge in [-0.15, -0.1) is 10.2 Å². The van der Waals surface area contributed by atoms with Gasteiger partial charge >= 0.3 is 0 Å². The van der Waals surface area contributed by atoms with Gasteiger partial charge < -0.3 is 14.8 Å². The first-order valence-corrected chi connectivity index (χ1v) is 9.45. The van der Waals surface area contributed by atoms with E-state index in [9.17, 15) is 0 Å². The molecule has 140 valence electrons. The summed E-state index contributed by atoms with van der Waals surface area (Å²) in [6.45, 7) is 10.0. The van der Waals surface area contributed by atoms with Gasteiger partial charge in [-0.2, -0.15) is 0 Å². The summed E-state index contributed by atoms with van der Waals surface area (Å²) in [6.07, 6.45) is 1.28. The molecule has 0 aliphatic carbocycles. The predicted octanol–water partition coefficient (Wildman–Crippen LogP) is 2.75. The van der Waals surface area contributed by atoms with Crippen LogP contribution in [0.25, 0.3) is 0 Å². The highest BCUT2D eigenvalue weighted by atomic mass is 15.3. The lowest BCUT2D eigenvalue weighted by atomic mass is 9.92. The molecule has 6 nitrogen and oxygen atoms in total. The van der Waals surface area contributed by atoms with Crippen molar-refractivity contribution in [3.63, 3.8) is 0 Å². The molecule has 1 aliphatic rings. The number of aliphatic imine (C=N–C) groups is 1. The molecule has 0 spiro atoms. The number of nitrogens with one attached hydrogen (secondary N) is 1. The summed E-state index contributed by atoms with van der Waals surface area (Å²) < 4.78 is 2.02. The maximum Gasteiger partial charge on any atom is 0.194 e. The third-order valence-electron chi connectivity index (χ3n) is 5.01. The van der Waals surface area contributed by atoms with Crippen molar-refractivity contribution < 1.29 is 0 Å². The molecule has 6 heteroatoms. The maximum atomic E-state index is 4.91. The van der Waals surface area contributed by atoms with Gasteiger partial charge in [0.25, 0.3) is 0 Å². The number of aryl methyl sites for hydroxylation is 1. The molecule has 0 amide bonds. The third-order valence-corrected chi connectivity index (χ3v) is 5.01. The number of hydrogen-bond acceptors (Lipinski definition) is 3. The summed E-state index contributed by atoms with van der Waals surface area (Å²) in [7, 11) is 2.00. The van der Waals surface area contributed by atoms with E-state index in [0.717, 1.165) is 30.7 Å². The van der Waals surface area contributed by atoms with Crippen molar-refractivity contribution in [2.45, 2.75) is 40.3 Å². The lowest BCUT2D eigenvalue weighted by Crippen LogP contribution is -2.48. The number of benzene rings is 1. The average molecular weight is 355 g/mol. The van der Waals surface area contributed by atoms with E-state index in [4.69, 9.17) is 4.99 Å². The highest BCUT2D eigenvalue weighted by Crippen LogP contribution is 2.21. The lowest BCUT2D eigenvalue weighted by Gasteiger charge is -2.37. The summed E-state index contributed by atoms with van der Waals surface area (Å²) in [5.41, 5.74) is 1.22. The van der Waals surface area contributed by atoms with Gasteiger partial charge in [0, 0.05) is 20.1 Å². The van der Waals surface area contributed by atoms with Crippen molar-refractivity contribution in [2.75, 3.05) is 13.1 Å². The van der Waals surface area contributed by atoms with E-state index in [2.05, 4.69) is 58.5 Å². The number of likely N-dealkylation sites (tertiary alicyclic amines) is 1. The van der Waals surface area contributed by atoms with E-state index >= 15 is 0 Å². The van der Waals surface area contributed by atoms with E-state index in [1.165, 1.54) is 12.0 Å². The van der Waals surface area contributed by atoms with Crippen LogP contribution in [-0.2, 0) is 20.1 Å². The summed E-state index contributed by atoms with van der Waals surface area (Å²) in [4.78, 5) is 7.31. The summed E-state index contributed by atoms with van der Waals surface area (Å²) in [5.74, 6) is 4.17. The highest BCUT2D eigenvalue weighted by Gasteiger charge is 2.24. The topological polar surface area (TPSA) is 58.3 Å². The standard InChI is InChI=1S/C20H30N6/c1-15-10-16(2)14-26(13-15)20(21-11-18-8-6-5-7-9-18)22-12-19-24-23-17(3)25(19)4/h5-9,15-16H,10-14H2,1-4H3,(H,21,22). The molecule has 0 radical (unpaired) electrons. The number of rotatable bonds is 4. The largest absolute Gasteiger partial charge is 0.349 e. The summed E-state index contributed by atoms with van der Waals surface area (Å²) in [6, 6.07) is 10.4. The van der Waals surface area contributed by atoms with Crippen molar-refractivity contribution in [1.82, 2.24) is 25.0 Å². The number of hydrogen-bond donors (Lipinski definition) is 1. The lowest BCUT2D eigenvalue weighted by molar-refractivity contribution is 0.208. The molecule has 2 unspecified atom stereocenters. The quantitative estimate of drug-likeness (QED) is 0.677. The molecule has 2 atom stereocenters. The zero-order chi connectivity index (χ0) is 18.5. The Morgan fingerprint density at radius 3 is 2.46 bits per heavy atom. The van der Waals surface area contributed by atoms with Gasteiger partial charge in [0.15, 0.2) is 11.8 Å². The van der Waals surface area contributed by atoms with E-state index < -0.39 is 0 Å². The van der Waals surface area contributed by atoms with Crippen molar-refractivity contribution >= 4 is 5.96 Å². The number of aromatic nitrogens is 3. The smallest absolute Gasteiger partial charge is 0.194 e. The molecule has 1 fully saturated rings. The monoisotopic (exact) mass is 354 g/mol. The summed E-state index contributed by atoms with van der Waals surface area (Å²) >= 11 is 0. The van der Waals surface area contributed by atoms with Crippen LogP contribution in [0.2, 0.25) is 0 Å². The molecule has 3 rings (SSSR count). The van der Waals surface area contributed by atoms with Crippen LogP contribution in [0.4, 0.5) is 0 Å². The van der Waals surface area contributed by atoms with Crippen LogP contribution < -0.4 is 5.32 Å². The molecule has 1 aromatic carbocycles. The minimum absolute atomic E-state index is 0.629. The van der Waals surface area contributed by atoms with Gasteiger partial charge in [0.05, 0.1) is 13.1 Å². The molecule has 2 aromatic rings.